The third-order valence-corrected chi connectivity index (χ3v) is 1.98. The van der Waals surface area contributed by atoms with E-state index in [1.807, 2.05) is 0 Å². The molecule has 0 spiro atoms. The minimum atomic E-state index is -4.03. The summed E-state index contributed by atoms with van der Waals surface area (Å²) in [4.78, 5) is 9.99. The molecule has 6 nitrogen and oxygen atoms in total. The van der Waals surface area contributed by atoms with Crippen molar-refractivity contribution in [3.63, 3.8) is 0 Å². The molecule has 3 N–H and O–H groups in total. The summed E-state index contributed by atoms with van der Waals surface area (Å²) in [6.45, 7) is 1.15. The van der Waals surface area contributed by atoms with Crippen LogP contribution in [0.25, 0.3) is 0 Å². The monoisotopic (exact) mass is 197 g/mol. The number of hydrogen-bond acceptors (Lipinski definition) is 4. The van der Waals surface area contributed by atoms with Crippen LogP contribution in [0.2, 0.25) is 0 Å². The molecule has 12 heavy (non-hydrogen) atoms. The summed E-state index contributed by atoms with van der Waals surface area (Å²) < 4.78 is 28.8. The summed E-state index contributed by atoms with van der Waals surface area (Å²) in [6.07, 6.45) is 0. The van der Waals surface area contributed by atoms with Crippen molar-refractivity contribution in [3.8, 4) is 0 Å². The van der Waals surface area contributed by atoms with Crippen molar-refractivity contribution in [2.24, 2.45) is 0 Å². The highest BCUT2D eigenvalue weighted by atomic mass is 32.2. The molecule has 1 unspecified atom stereocenters. The van der Waals surface area contributed by atoms with Gasteiger partial charge in [0.2, 0.25) is 0 Å². The van der Waals surface area contributed by atoms with Gasteiger partial charge < -0.3 is 10.4 Å². The van der Waals surface area contributed by atoms with Gasteiger partial charge in [0, 0.05) is 6.04 Å². The van der Waals surface area contributed by atoms with Gasteiger partial charge >= 0.3 is 5.97 Å². The van der Waals surface area contributed by atoms with E-state index in [0.717, 1.165) is 0 Å². The zero-order valence-corrected chi connectivity index (χ0v) is 7.34. The predicted molar refractivity (Wildman–Crippen MR) is 41.5 cm³/mol. The molecule has 0 aliphatic rings. The third-order valence-electron chi connectivity index (χ3n) is 1.06. The number of aliphatic carboxylic acids is 1. The zero-order chi connectivity index (χ0) is 9.78. The molecule has 72 valence electrons. The Balaban J connectivity index is 3.75. The molecule has 0 amide bonds. The molecule has 0 aromatic rings. The maximum atomic E-state index is 10.3. The number of nitrogens with one attached hydrogen (secondary N) is 1. The van der Waals surface area contributed by atoms with Gasteiger partial charge in [-0.15, -0.1) is 0 Å². The fourth-order valence-corrected chi connectivity index (χ4v) is 1.39. The molecule has 0 rings (SSSR count). The van der Waals surface area contributed by atoms with Gasteiger partial charge in [-0.2, -0.15) is 8.42 Å². The average Bonchev–Trinajstić information content (AvgIpc) is 1.79. The van der Waals surface area contributed by atoms with Crippen molar-refractivity contribution in [2.75, 3.05) is 12.3 Å². The molecule has 1 atom stereocenters. The molecular formula is C5H11NO5S. The van der Waals surface area contributed by atoms with E-state index in [0.29, 0.717) is 0 Å². The Morgan fingerprint density at radius 1 is 1.58 bits per heavy atom. The number of hydrogen-bond donors (Lipinski definition) is 3. The predicted octanol–water partition coefficient (Wildman–Crippen LogP) is -1.06. The van der Waals surface area contributed by atoms with Gasteiger partial charge in [-0.3, -0.25) is 9.35 Å². The van der Waals surface area contributed by atoms with E-state index < -0.39 is 27.9 Å². The van der Waals surface area contributed by atoms with Gasteiger partial charge in [-0.25, -0.2) is 0 Å². The van der Waals surface area contributed by atoms with Crippen LogP contribution in [0, 0.1) is 0 Å². The lowest BCUT2D eigenvalue weighted by atomic mass is 10.4. The van der Waals surface area contributed by atoms with Crippen LogP contribution in [0.3, 0.4) is 0 Å². The molecular weight excluding hydrogens is 186 g/mol. The molecule has 0 bridgehead atoms. The Morgan fingerprint density at radius 2 is 2.08 bits per heavy atom. The Kier molecular flexibility index (Phi) is 4.15. The van der Waals surface area contributed by atoms with Crippen LogP contribution >= 0.6 is 0 Å². The summed E-state index contributed by atoms with van der Waals surface area (Å²) in [5.41, 5.74) is 0. The minimum absolute atomic E-state index is 0.323. The summed E-state index contributed by atoms with van der Waals surface area (Å²) in [6, 6.07) is -0.573. The molecule has 0 saturated carbocycles. The van der Waals surface area contributed by atoms with Crippen LogP contribution in [0.4, 0.5) is 0 Å². The van der Waals surface area contributed by atoms with E-state index >= 15 is 0 Å². The van der Waals surface area contributed by atoms with Gasteiger partial charge in [0.1, 0.15) is 0 Å². The number of carboxylic acids is 1. The molecule has 0 saturated heterocycles. The van der Waals surface area contributed by atoms with Crippen molar-refractivity contribution in [2.45, 2.75) is 13.0 Å². The Labute approximate surface area is 70.3 Å². The molecule has 0 fully saturated rings. The second kappa shape index (κ2) is 4.39. The molecule has 0 aliphatic carbocycles. The molecule has 0 heterocycles. The summed E-state index contributed by atoms with van der Waals surface area (Å²) in [5, 5.41) is 10.6. The fourth-order valence-electron chi connectivity index (χ4n) is 0.636. The smallest absolute Gasteiger partial charge is 0.317 e. The molecule has 0 radical (unpaired) electrons. The molecule has 7 heteroatoms. The van der Waals surface area contributed by atoms with Crippen molar-refractivity contribution < 1.29 is 22.9 Å². The van der Waals surface area contributed by atoms with Crippen molar-refractivity contribution in [1.82, 2.24) is 5.32 Å². The number of carboxylic acid groups (broad SMARTS) is 1. The Morgan fingerprint density at radius 3 is 2.42 bits per heavy atom. The van der Waals surface area contributed by atoms with Crippen LogP contribution in [0.5, 0.6) is 0 Å². The molecule has 0 aromatic carbocycles. The summed E-state index contributed by atoms with van der Waals surface area (Å²) in [7, 11) is -4.03. The van der Waals surface area contributed by atoms with Crippen LogP contribution < -0.4 is 5.32 Å². The van der Waals surface area contributed by atoms with Crippen LogP contribution in [0.15, 0.2) is 0 Å². The van der Waals surface area contributed by atoms with Crippen molar-refractivity contribution in [1.29, 1.82) is 0 Å². The zero-order valence-electron chi connectivity index (χ0n) is 6.52. The van der Waals surface area contributed by atoms with Gasteiger partial charge in [0.25, 0.3) is 10.1 Å². The highest BCUT2D eigenvalue weighted by Gasteiger charge is 2.12. The Bertz CT molecular complexity index is 247. The lowest BCUT2D eigenvalue weighted by molar-refractivity contribution is -0.136. The van der Waals surface area contributed by atoms with Crippen molar-refractivity contribution in [3.05, 3.63) is 0 Å². The second-order valence-corrected chi connectivity index (χ2v) is 3.92. The number of carbonyl (C=O) groups is 1. The third kappa shape index (κ3) is 7.45. The van der Waals surface area contributed by atoms with Gasteiger partial charge in [0.15, 0.2) is 0 Å². The number of rotatable bonds is 5. The first kappa shape index (κ1) is 11.3. The fraction of sp³-hybridized carbons (Fsp3) is 0.800. The van der Waals surface area contributed by atoms with Gasteiger partial charge in [-0.1, -0.05) is 0 Å². The van der Waals surface area contributed by atoms with E-state index in [4.69, 9.17) is 9.66 Å². The highest BCUT2D eigenvalue weighted by Crippen LogP contribution is 1.88. The van der Waals surface area contributed by atoms with Gasteiger partial charge in [0.05, 0.1) is 12.3 Å². The quantitative estimate of drug-likeness (QED) is 0.485. The lowest BCUT2D eigenvalue weighted by Crippen LogP contribution is -2.36. The van der Waals surface area contributed by atoms with Crippen LogP contribution in [-0.2, 0) is 14.9 Å². The maximum Gasteiger partial charge on any atom is 0.317 e. The maximum absolute atomic E-state index is 10.3. The normalized spacial score (nSPS) is 14.2. The summed E-state index contributed by atoms with van der Waals surface area (Å²) in [5.74, 6) is -1.56. The van der Waals surface area contributed by atoms with E-state index in [1.165, 1.54) is 6.92 Å². The van der Waals surface area contributed by atoms with E-state index in [2.05, 4.69) is 5.32 Å². The molecule has 0 aliphatic heterocycles. The van der Waals surface area contributed by atoms with Crippen LogP contribution in [0.1, 0.15) is 6.92 Å². The SMILES string of the molecule is CC(CS(=O)(=O)O)NCC(=O)O. The van der Waals surface area contributed by atoms with Gasteiger partial charge in [-0.05, 0) is 6.92 Å². The second-order valence-electron chi connectivity index (χ2n) is 2.42. The first-order chi connectivity index (χ1) is 5.31. The van der Waals surface area contributed by atoms with E-state index in [1.54, 1.807) is 0 Å². The topological polar surface area (TPSA) is 104 Å². The first-order valence-corrected chi connectivity index (χ1v) is 4.82. The largest absolute Gasteiger partial charge is 0.480 e. The van der Waals surface area contributed by atoms with Crippen molar-refractivity contribution >= 4 is 16.1 Å². The van der Waals surface area contributed by atoms with E-state index in [-0.39, 0.29) is 6.54 Å². The standard InChI is InChI=1S/C5H11NO5S/c1-4(3-12(9,10)11)6-2-5(7)8/h4,6H,2-3H2,1H3,(H,7,8)(H,9,10,11). The Hall–Kier alpha value is -0.660. The first-order valence-electron chi connectivity index (χ1n) is 3.21. The average molecular weight is 197 g/mol. The minimum Gasteiger partial charge on any atom is -0.480 e. The highest BCUT2D eigenvalue weighted by molar-refractivity contribution is 7.85. The molecule has 0 aromatic heterocycles. The lowest BCUT2D eigenvalue weighted by Gasteiger charge is -2.08. The van der Waals surface area contributed by atoms with E-state index in [9.17, 15) is 13.2 Å². The summed E-state index contributed by atoms with van der Waals surface area (Å²) >= 11 is 0. The van der Waals surface area contributed by atoms with Crippen LogP contribution in [-0.4, -0.2) is 42.4 Å².